The number of fused-ring (bicyclic) bond motifs is 2. The van der Waals surface area contributed by atoms with E-state index in [1.807, 2.05) is 0 Å². The number of aliphatic hydroxyl groups excluding tert-OH is 1. The van der Waals surface area contributed by atoms with Gasteiger partial charge in [0, 0.05) is 10.9 Å². The zero-order valence-corrected chi connectivity index (χ0v) is 22.4. The van der Waals surface area contributed by atoms with Crippen molar-refractivity contribution in [2.24, 2.45) is 0 Å². The number of aromatic amines is 1. The topological polar surface area (TPSA) is 152 Å². The summed E-state index contributed by atoms with van der Waals surface area (Å²) in [6, 6.07) is 9.89. The molecule has 3 heterocycles. The SMILES string of the molecule is O=C(NC1CCCC1O)c1[nH]c2ncc(NS(=O)(=O)c3ccc(OC(F)(F)F)cc3)cc2c1-c1ccc2c(c1)OCO2. The lowest BCUT2D eigenvalue weighted by atomic mass is 10.0. The lowest BCUT2D eigenvalue weighted by molar-refractivity contribution is -0.274. The number of nitrogens with zero attached hydrogens (tertiary/aromatic N) is 1. The van der Waals surface area contributed by atoms with E-state index in [0.29, 0.717) is 40.9 Å². The summed E-state index contributed by atoms with van der Waals surface area (Å²) >= 11 is 0. The number of pyridine rings is 1. The molecule has 0 radical (unpaired) electrons. The first kappa shape index (κ1) is 27.7. The number of amides is 1. The second-order valence-corrected chi connectivity index (χ2v) is 11.4. The van der Waals surface area contributed by atoms with Gasteiger partial charge >= 0.3 is 6.36 Å². The van der Waals surface area contributed by atoms with Gasteiger partial charge in [0.15, 0.2) is 11.5 Å². The number of H-pyrrole nitrogens is 1. The molecular formula is C27H23F3N4O7S. The van der Waals surface area contributed by atoms with Crippen LogP contribution in [0.2, 0.25) is 0 Å². The fourth-order valence-electron chi connectivity index (χ4n) is 5.03. The van der Waals surface area contributed by atoms with Crippen molar-refractivity contribution in [1.82, 2.24) is 15.3 Å². The van der Waals surface area contributed by atoms with E-state index in [4.69, 9.17) is 9.47 Å². The van der Waals surface area contributed by atoms with Gasteiger partial charge in [-0.15, -0.1) is 13.2 Å². The molecule has 1 saturated carbocycles. The first-order valence-corrected chi connectivity index (χ1v) is 14.2. The van der Waals surface area contributed by atoms with Crippen LogP contribution in [0.25, 0.3) is 22.2 Å². The van der Waals surface area contributed by atoms with Gasteiger partial charge in [-0.25, -0.2) is 13.4 Å². The maximum Gasteiger partial charge on any atom is 0.573 e. The molecule has 0 bridgehead atoms. The average molecular weight is 605 g/mol. The third-order valence-corrected chi connectivity index (χ3v) is 8.35. The van der Waals surface area contributed by atoms with Crippen LogP contribution in [-0.4, -0.2) is 54.7 Å². The number of benzene rings is 2. The zero-order valence-electron chi connectivity index (χ0n) is 21.6. The van der Waals surface area contributed by atoms with E-state index in [9.17, 15) is 31.5 Å². The number of carbonyl (C=O) groups excluding carboxylic acids is 1. The average Bonchev–Trinajstić information content (AvgIpc) is 3.65. The Morgan fingerprint density at radius 2 is 1.83 bits per heavy atom. The van der Waals surface area contributed by atoms with Crippen molar-refractivity contribution in [3.05, 3.63) is 60.4 Å². The highest BCUT2D eigenvalue weighted by molar-refractivity contribution is 7.92. The van der Waals surface area contributed by atoms with E-state index in [0.717, 1.165) is 30.7 Å². The van der Waals surface area contributed by atoms with Crippen LogP contribution in [0.5, 0.6) is 17.2 Å². The summed E-state index contributed by atoms with van der Waals surface area (Å²) in [5.41, 5.74) is 1.45. The van der Waals surface area contributed by atoms with E-state index in [1.54, 1.807) is 18.2 Å². The molecule has 4 aromatic rings. The standard InChI is InChI=1S/C27H23F3N4O7S/c28-27(29,30)41-16-5-7-17(8-6-16)42(37,38)34-15-11-18-23(14-4-9-21-22(10-14)40-13-39-21)24(33-25(18)31-12-15)26(36)32-19-2-1-3-20(19)35/h4-12,19-20,34-35H,1-3,13H2,(H,31,33)(H,32,36). The van der Waals surface area contributed by atoms with Crippen molar-refractivity contribution < 1.29 is 45.7 Å². The number of sulfonamides is 1. The van der Waals surface area contributed by atoms with E-state index >= 15 is 0 Å². The first-order valence-electron chi connectivity index (χ1n) is 12.8. The monoisotopic (exact) mass is 604 g/mol. The number of carbonyl (C=O) groups is 1. The molecular weight excluding hydrogens is 581 g/mol. The summed E-state index contributed by atoms with van der Waals surface area (Å²) in [5.74, 6) is -0.0600. The van der Waals surface area contributed by atoms with Crippen molar-refractivity contribution in [3.8, 4) is 28.4 Å². The molecule has 6 rings (SSSR count). The Morgan fingerprint density at radius 1 is 1.07 bits per heavy atom. The Kier molecular flexibility index (Phi) is 6.85. The normalized spacial score (nSPS) is 18.3. The smallest absolute Gasteiger partial charge is 0.454 e. The van der Waals surface area contributed by atoms with Gasteiger partial charge in [-0.05, 0) is 67.3 Å². The van der Waals surface area contributed by atoms with Crippen LogP contribution in [0.1, 0.15) is 29.8 Å². The molecule has 0 saturated heterocycles. The molecule has 2 aromatic heterocycles. The number of hydrogen-bond donors (Lipinski definition) is 4. The number of hydrogen-bond acceptors (Lipinski definition) is 8. The fourth-order valence-corrected chi connectivity index (χ4v) is 6.07. The van der Waals surface area contributed by atoms with Gasteiger partial charge in [0.1, 0.15) is 17.1 Å². The fraction of sp³-hybridized carbons (Fsp3) is 0.259. The third kappa shape index (κ3) is 5.52. The maximum absolute atomic E-state index is 13.4. The summed E-state index contributed by atoms with van der Waals surface area (Å²) in [6.07, 6.45) is -2.37. The van der Waals surface area contributed by atoms with Gasteiger partial charge in [0.2, 0.25) is 6.79 Å². The second-order valence-electron chi connectivity index (χ2n) is 9.77. The van der Waals surface area contributed by atoms with Crippen LogP contribution in [0.4, 0.5) is 18.9 Å². The maximum atomic E-state index is 13.4. The highest BCUT2D eigenvalue weighted by atomic mass is 32.2. The van der Waals surface area contributed by atoms with Crippen molar-refractivity contribution in [2.45, 2.75) is 42.7 Å². The molecule has 1 aliphatic heterocycles. The van der Waals surface area contributed by atoms with Gasteiger partial charge in [0.05, 0.1) is 28.9 Å². The van der Waals surface area contributed by atoms with Gasteiger partial charge in [0.25, 0.3) is 15.9 Å². The molecule has 11 nitrogen and oxygen atoms in total. The minimum atomic E-state index is -4.92. The van der Waals surface area contributed by atoms with Crippen molar-refractivity contribution in [1.29, 1.82) is 0 Å². The molecule has 1 fully saturated rings. The Morgan fingerprint density at radius 3 is 2.55 bits per heavy atom. The molecule has 2 atom stereocenters. The number of anilines is 1. The molecule has 2 aromatic carbocycles. The summed E-state index contributed by atoms with van der Waals surface area (Å²) in [6.45, 7) is 0.0381. The lowest BCUT2D eigenvalue weighted by Crippen LogP contribution is -2.40. The molecule has 15 heteroatoms. The lowest BCUT2D eigenvalue weighted by Gasteiger charge is -2.16. The summed E-state index contributed by atoms with van der Waals surface area (Å²) in [5, 5.41) is 13.5. The van der Waals surface area contributed by atoms with E-state index in [-0.39, 0.29) is 28.7 Å². The molecule has 2 aliphatic rings. The third-order valence-electron chi connectivity index (χ3n) is 6.95. The van der Waals surface area contributed by atoms with Crippen molar-refractivity contribution in [2.75, 3.05) is 11.5 Å². The first-order chi connectivity index (χ1) is 20.0. The van der Waals surface area contributed by atoms with E-state index < -0.39 is 40.2 Å². The molecule has 42 heavy (non-hydrogen) atoms. The van der Waals surface area contributed by atoms with Crippen LogP contribution < -0.4 is 24.2 Å². The summed E-state index contributed by atoms with van der Waals surface area (Å²) in [7, 11) is -4.24. The molecule has 4 N–H and O–H groups in total. The van der Waals surface area contributed by atoms with Gasteiger partial charge < -0.3 is 29.6 Å². The Bertz CT molecular complexity index is 1780. The van der Waals surface area contributed by atoms with Crippen molar-refractivity contribution in [3.63, 3.8) is 0 Å². The Labute approximate surface area is 236 Å². The molecule has 1 aliphatic carbocycles. The van der Waals surface area contributed by atoms with Crippen LogP contribution in [-0.2, 0) is 10.0 Å². The number of halogens is 3. The molecule has 1 amide bonds. The summed E-state index contributed by atoms with van der Waals surface area (Å²) < 4.78 is 80.5. The molecule has 220 valence electrons. The van der Waals surface area contributed by atoms with Gasteiger partial charge in [-0.3, -0.25) is 9.52 Å². The number of alkyl halides is 3. The Hall–Kier alpha value is -4.50. The Balaban J connectivity index is 1.36. The predicted molar refractivity (Wildman–Crippen MR) is 143 cm³/mol. The number of rotatable bonds is 7. The quantitative estimate of drug-likeness (QED) is 0.244. The predicted octanol–water partition coefficient (Wildman–Crippen LogP) is 4.30. The zero-order chi connectivity index (χ0) is 29.6. The molecule has 2 unspecified atom stereocenters. The van der Waals surface area contributed by atoms with E-state index in [2.05, 4.69) is 24.7 Å². The van der Waals surface area contributed by atoms with Gasteiger partial charge in [-0.1, -0.05) is 6.07 Å². The highest BCUT2D eigenvalue weighted by Crippen LogP contribution is 2.40. The number of nitrogens with one attached hydrogen (secondary N) is 3. The number of aromatic nitrogens is 2. The van der Waals surface area contributed by atoms with Crippen LogP contribution in [0.3, 0.4) is 0 Å². The number of aliphatic hydroxyl groups is 1. The van der Waals surface area contributed by atoms with Crippen LogP contribution in [0, 0.1) is 0 Å². The highest BCUT2D eigenvalue weighted by Gasteiger charge is 2.32. The second kappa shape index (κ2) is 10.4. The minimum absolute atomic E-state index is 0.0381. The minimum Gasteiger partial charge on any atom is -0.454 e. The van der Waals surface area contributed by atoms with Crippen molar-refractivity contribution >= 4 is 32.7 Å². The summed E-state index contributed by atoms with van der Waals surface area (Å²) in [4.78, 5) is 20.4. The van der Waals surface area contributed by atoms with Gasteiger partial charge in [-0.2, -0.15) is 0 Å². The largest absolute Gasteiger partial charge is 0.573 e. The van der Waals surface area contributed by atoms with Crippen LogP contribution in [0.15, 0.2) is 59.6 Å². The van der Waals surface area contributed by atoms with E-state index in [1.165, 1.54) is 12.3 Å². The van der Waals surface area contributed by atoms with Crippen LogP contribution >= 0.6 is 0 Å². The molecule has 0 spiro atoms. The number of ether oxygens (including phenoxy) is 3.